The molecule has 0 unspecified atom stereocenters. The third-order valence-corrected chi connectivity index (χ3v) is 4.66. The molecule has 0 aromatic carbocycles. The molecule has 0 aliphatic carbocycles. The molecule has 0 aliphatic rings. The van der Waals surface area contributed by atoms with E-state index in [1.807, 2.05) is 6.92 Å². The maximum absolute atomic E-state index is 12.3. The molecule has 1 aromatic rings. The van der Waals surface area contributed by atoms with E-state index in [9.17, 15) is 17.2 Å². The fraction of sp³-hybridized carbons (Fsp3) is 0.667. The van der Waals surface area contributed by atoms with E-state index in [-0.39, 0.29) is 10.7 Å². The van der Waals surface area contributed by atoms with Crippen LogP contribution in [0.5, 0.6) is 0 Å². The summed E-state index contributed by atoms with van der Waals surface area (Å²) < 4.78 is 54.9. The highest BCUT2D eigenvalue weighted by molar-refractivity contribution is 7.89. The molecule has 116 valence electrons. The van der Waals surface area contributed by atoms with Crippen LogP contribution in [0.1, 0.15) is 24.9 Å². The van der Waals surface area contributed by atoms with Crippen LogP contribution in [0.25, 0.3) is 0 Å². The molecule has 1 heterocycles. The van der Waals surface area contributed by atoms with Gasteiger partial charge in [0.15, 0.2) is 0 Å². The van der Waals surface area contributed by atoms with Crippen LogP contribution in [0.15, 0.2) is 15.4 Å². The second-order valence-electron chi connectivity index (χ2n) is 4.49. The highest BCUT2D eigenvalue weighted by atomic mass is 32.2. The molecule has 0 atom stereocenters. The van der Waals surface area contributed by atoms with Crippen LogP contribution in [0, 0.1) is 6.92 Å². The summed E-state index contributed by atoms with van der Waals surface area (Å²) in [6.07, 6.45) is -1.77. The molecule has 0 radical (unpaired) electrons. The van der Waals surface area contributed by atoms with Gasteiger partial charge in [-0.3, -0.25) is 0 Å². The third-order valence-electron chi connectivity index (χ3n) is 2.73. The zero-order valence-electron chi connectivity index (χ0n) is 11.8. The molecule has 0 fully saturated rings. The number of hydrogen-bond acceptors (Lipinski definition) is 4. The summed E-state index contributed by atoms with van der Waals surface area (Å²) in [7, 11) is -2.81. The van der Waals surface area contributed by atoms with Gasteiger partial charge in [-0.15, -0.1) is 0 Å². The van der Waals surface area contributed by atoms with Gasteiger partial charge in [0.25, 0.3) is 6.43 Å². The van der Waals surface area contributed by atoms with Crippen molar-refractivity contribution in [3.8, 4) is 0 Å². The maximum atomic E-state index is 12.3. The zero-order chi connectivity index (χ0) is 15.3. The average Bonchev–Trinajstić information content (AvgIpc) is 2.70. The number of hydrogen-bond donors (Lipinski definition) is 1. The molecule has 0 saturated carbocycles. The van der Waals surface area contributed by atoms with E-state index in [1.165, 1.54) is 13.0 Å². The van der Waals surface area contributed by atoms with E-state index in [2.05, 4.69) is 5.32 Å². The van der Waals surface area contributed by atoms with Gasteiger partial charge in [-0.05, 0) is 19.9 Å². The summed E-state index contributed by atoms with van der Waals surface area (Å²) in [6, 6.07) is 1.38. The van der Waals surface area contributed by atoms with Gasteiger partial charge < -0.3 is 9.73 Å². The van der Waals surface area contributed by atoms with E-state index in [1.54, 1.807) is 0 Å². The fourth-order valence-electron chi connectivity index (χ4n) is 1.72. The van der Waals surface area contributed by atoms with Gasteiger partial charge in [-0.1, -0.05) is 6.92 Å². The number of sulfonamides is 1. The first-order valence-corrected chi connectivity index (χ1v) is 7.77. The number of aryl methyl sites for hydroxylation is 1. The Morgan fingerprint density at radius 1 is 1.45 bits per heavy atom. The highest BCUT2D eigenvalue weighted by Gasteiger charge is 2.27. The molecule has 0 aliphatic heterocycles. The summed E-state index contributed by atoms with van der Waals surface area (Å²) in [5, 5.41) is 3.08. The Kier molecular flexibility index (Phi) is 6.09. The minimum atomic E-state index is -3.94. The van der Waals surface area contributed by atoms with Gasteiger partial charge in [0, 0.05) is 13.1 Å². The minimum absolute atomic E-state index is 0.0612. The molecule has 20 heavy (non-hydrogen) atoms. The van der Waals surface area contributed by atoms with Crippen LogP contribution in [0.3, 0.4) is 0 Å². The Morgan fingerprint density at radius 2 is 2.10 bits per heavy atom. The van der Waals surface area contributed by atoms with E-state index >= 15 is 0 Å². The lowest BCUT2D eigenvalue weighted by molar-refractivity contribution is 0.126. The number of halogens is 2. The minimum Gasteiger partial charge on any atom is -0.464 e. The van der Waals surface area contributed by atoms with Crippen LogP contribution < -0.4 is 5.32 Å². The van der Waals surface area contributed by atoms with E-state index < -0.39 is 23.0 Å². The van der Waals surface area contributed by atoms with Crippen molar-refractivity contribution in [1.82, 2.24) is 9.62 Å². The Balaban J connectivity index is 2.89. The van der Waals surface area contributed by atoms with Gasteiger partial charge in [0.1, 0.15) is 16.4 Å². The predicted octanol–water partition coefficient (Wildman–Crippen LogP) is 1.97. The van der Waals surface area contributed by atoms with Crippen molar-refractivity contribution in [2.75, 3.05) is 20.1 Å². The molecule has 0 bridgehead atoms. The lowest BCUT2D eigenvalue weighted by Crippen LogP contribution is -2.31. The smallest absolute Gasteiger partial charge is 0.252 e. The van der Waals surface area contributed by atoms with E-state index in [0.717, 1.165) is 20.0 Å². The molecular weight excluding hydrogens is 290 g/mol. The Morgan fingerprint density at radius 3 is 2.65 bits per heavy atom. The van der Waals surface area contributed by atoms with Crippen LogP contribution in [-0.4, -0.2) is 39.3 Å². The van der Waals surface area contributed by atoms with Crippen molar-refractivity contribution in [1.29, 1.82) is 0 Å². The third kappa shape index (κ3) is 4.26. The fourth-order valence-corrected chi connectivity index (χ4v) is 3.05. The van der Waals surface area contributed by atoms with Crippen molar-refractivity contribution in [3.63, 3.8) is 0 Å². The van der Waals surface area contributed by atoms with Crippen molar-refractivity contribution >= 4 is 10.0 Å². The monoisotopic (exact) mass is 310 g/mol. The Bertz CT molecular complexity index is 529. The zero-order valence-corrected chi connectivity index (χ0v) is 12.6. The summed E-state index contributed by atoms with van der Waals surface area (Å²) in [5.74, 6) is 0.680. The van der Waals surface area contributed by atoms with Crippen LogP contribution in [0.2, 0.25) is 0 Å². The molecule has 8 heteroatoms. The number of nitrogens with one attached hydrogen (secondary N) is 1. The van der Waals surface area contributed by atoms with Gasteiger partial charge in [-0.2, -0.15) is 4.31 Å². The van der Waals surface area contributed by atoms with Crippen LogP contribution in [-0.2, 0) is 16.6 Å². The first kappa shape index (κ1) is 17.1. The quantitative estimate of drug-likeness (QED) is 0.746. The molecule has 1 aromatic heterocycles. The van der Waals surface area contributed by atoms with Gasteiger partial charge >= 0.3 is 0 Å². The second-order valence-corrected chi connectivity index (χ2v) is 6.50. The Labute approximate surface area is 118 Å². The normalized spacial score (nSPS) is 12.6. The summed E-state index contributed by atoms with van der Waals surface area (Å²) in [4.78, 5) is -0.0612. The predicted molar refractivity (Wildman–Crippen MR) is 71.3 cm³/mol. The van der Waals surface area contributed by atoms with Crippen LogP contribution >= 0.6 is 0 Å². The lowest BCUT2D eigenvalue weighted by atomic mass is 10.4. The molecule has 0 saturated heterocycles. The first-order valence-electron chi connectivity index (χ1n) is 6.33. The first-order chi connectivity index (χ1) is 9.28. The Hall–Kier alpha value is -0.990. The number of alkyl halides is 2. The lowest BCUT2D eigenvalue weighted by Gasteiger charge is -2.15. The molecule has 5 nitrogen and oxygen atoms in total. The molecular formula is C12H20F2N2O3S. The van der Waals surface area contributed by atoms with Gasteiger partial charge in [0.05, 0.1) is 13.1 Å². The largest absolute Gasteiger partial charge is 0.464 e. The van der Waals surface area contributed by atoms with E-state index in [0.29, 0.717) is 16.6 Å². The second kappa shape index (κ2) is 7.14. The number of nitrogens with zero attached hydrogens (tertiary/aromatic N) is 1. The molecule has 1 N–H and O–H groups in total. The maximum Gasteiger partial charge on any atom is 0.252 e. The number of rotatable bonds is 8. The molecule has 1 rings (SSSR count). The number of furan rings is 1. The van der Waals surface area contributed by atoms with Gasteiger partial charge in [-0.25, -0.2) is 17.2 Å². The van der Waals surface area contributed by atoms with E-state index in [4.69, 9.17) is 4.42 Å². The van der Waals surface area contributed by atoms with Crippen molar-refractivity contribution < 1.29 is 21.6 Å². The highest BCUT2D eigenvalue weighted by Crippen LogP contribution is 2.23. The topological polar surface area (TPSA) is 62.6 Å². The summed E-state index contributed by atoms with van der Waals surface area (Å²) in [5.41, 5.74) is 0. The standard InChI is InChI=1S/C12H20F2N2O3S/c1-4-5-15-7-10-6-11(9(2)19-10)20(17,18)16(3)8-12(13)14/h6,12,15H,4-5,7-8H2,1-3H3. The summed E-state index contributed by atoms with van der Waals surface area (Å²) in [6.45, 7) is 3.87. The van der Waals surface area contributed by atoms with Crippen molar-refractivity contribution in [2.45, 2.75) is 38.1 Å². The molecule has 0 spiro atoms. The molecule has 0 amide bonds. The average molecular weight is 310 g/mol. The van der Waals surface area contributed by atoms with Crippen molar-refractivity contribution in [2.24, 2.45) is 0 Å². The van der Waals surface area contributed by atoms with Gasteiger partial charge in [0.2, 0.25) is 10.0 Å². The SMILES string of the molecule is CCCNCc1cc(S(=O)(=O)N(C)CC(F)F)c(C)o1. The van der Waals surface area contributed by atoms with Crippen molar-refractivity contribution in [3.05, 3.63) is 17.6 Å². The summed E-state index contributed by atoms with van der Waals surface area (Å²) >= 11 is 0. The van der Waals surface area contributed by atoms with Crippen LogP contribution in [0.4, 0.5) is 8.78 Å².